The Bertz CT molecular complexity index is 867. The number of amides is 1. The highest BCUT2D eigenvalue weighted by Gasteiger charge is 2.19. The molecule has 0 heterocycles. The summed E-state index contributed by atoms with van der Waals surface area (Å²) in [5.74, 6) is -1.65. The molecule has 1 amide bonds. The number of esters is 1. The van der Waals surface area contributed by atoms with Crippen molar-refractivity contribution in [3.63, 3.8) is 0 Å². The van der Waals surface area contributed by atoms with E-state index in [0.717, 1.165) is 12.1 Å². The predicted octanol–water partition coefficient (Wildman–Crippen LogP) is 1.69. The van der Waals surface area contributed by atoms with Gasteiger partial charge in [0.05, 0.1) is 23.7 Å². The maximum atomic E-state index is 11.9. The van der Waals surface area contributed by atoms with Gasteiger partial charge >= 0.3 is 5.97 Å². The number of anilines is 2. The maximum Gasteiger partial charge on any atom is 0.340 e. The molecule has 0 saturated carbocycles. The van der Waals surface area contributed by atoms with Crippen LogP contribution < -0.4 is 15.8 Å². The van der Waals surface area contributed by atoms with Gasteiger partial charge < -0.3 is 25.6 Å². The molecule has 2 rings (SSSR count). The molecular weight excluding hydrogens is 346 g/mol. The van der Waals surface area contributed by atoms with Gasteiger partial charge in [0.1, 0.15) is 17.2 Å². The van der Waals surface area contributed by atoms with Crippen LogP contribution in [-0.4, -0.2) is 35.6 Å². The third-order valence-corrected chi connectivity index (χ3v) is 3.27. The Morgan fingerprint density at radius 1 is 1.27 bits per heavy atom. The zero-order chi connectivity index (χ0) is 19.3. The van der Waals surface area contributed by atoms with Gasteiger partial charge in [-0.25, -0.2) is 4.79 Å². The first-order valence-electron chi connectivity index (χ1n) is 7.19. The SMILES string of the molecule is COc1ccc(NC(=O)COC(=O)c2cc(O)ccc2N)c([N+](=O)[O-])c1. The fourth-order valence-corrected chi connectivity index (χ4v) is 2.01. The number of aromatic hydroxyl groups is 1. The molecule has 10 heteroatoms. The first-order chi connectivity index (χ1) is 12.3. The van der Waals surface area contributed by atoms with Crippen LogP contribution in [0.5, 0.6) is 11.5 Å². The molecule has 2 aromatic carbocycles. The Morgan fingerprint density at radius 2 is 2.00 bits per heavy atom. The van der Waals surface area contributed by atoms with Gasteiger partial charge in [0, 0.05) is 5.69 Å². The molecule has 0 spiro atoms. The second kappa shape index (κ2) is 7.83. The number of carbonyl (C=O) groups is 2. The number of carbonyl (C=O) groups excluding carboxylic acids is 2. The number of rotatable bonds is 6. The van der Waals surface area contributed by atoms with Gasteiger partial charge in [-0.2, -0.15) is 0 Å². The number of hydrogen-bond acceptors (Lipinski definition) is 8. The zero-order valence-corrected chi connectivity index (χ0v) is 13.6. The first kappa shape index (κ1) is 18.5. The Balaban J connectivity index is 2.04. The molecule has 4 N–H and O–H groups in total. The Morgan fingerprint density at radius 3 is 2.65 bits per heavy atom. The number of phenolic OH excluding ortho intramolecular Hbond substituents is 1. The molecule has 0 saturated heterocycles. The number of nitrogens with two attached hydrogens (primary N) is 1. The summed E-state index contributed by atoms with van der Waals surface area (Å²) in [6.07, 6.45) is 0. The van der Waals surface area contributed by atoms with Crippen LogP contribution in [0.2, 0.25) is 0 Å². The smallest absolute Gasteiger partial charge is 0.340 e. The van der Waals surface area contributed by atoms with E-state index in [-0.39, 0.29) is 34.1 Å². The minimum atomic E-state index is -0.919. The van der Waals surface area contributed by atoms with Crippen molar-refractivity contribution in [2.24, 2.45) is 0 Å². The number of nitro benzene ring substituents is 1. The van der Waals surface area contributed by atoms with E-state index in [4.69, 9.17) is 15.2 Å². The van der Waals surface area contributed by atoms with Crippen molar-refractivity contribution in [2.45, 2.75) is 0 Å². The van der Waals surface area contributed by atoms with E-state index in [9.17, 15) is 24.8 Å². The Labute approximate surface area is 147 Å². The van der Waals surface area contributed by atoms with Crippen LogP contribution in [0.1, 0.15) is 10.4 Å². The third-order valence-electron chi connectivity index (χ3n) is 3.27. The van der Waals surface area contributed by atoms with E-state index in [1.54, 1.807) is 0 Å². The zero-order valence-electron chi connectivity index (χ0n) is 13.6. The second-order valence-electron chi connectivity index (χ2n) is 5.04. The average molecular weight is 361 g/mol. The highest BCUT2D eigenvalue weighted by Crippen LogP contribution is 2.28. The molecule has 0 bridgehead atoms. The van der Waals surface area contributed by atoms with E-state index in [1.165, 1.54) is 31.4 Å². The summed E-state index contributed by atoms with van der Waals surface area (Å²) < 4.78 is 9.70. The maximum absolute atomic E-state index is 11.9. The Hall–Kier alpha value is -3.82. The number of nitrogens with one attached hydrogen (secondary N) is 1. The van der Waals surface area contributed by atoms with Crippen molar-refractivity contribution in [3.05, 3.63) is 52.1 Å². The molecule has 0 aromatic heterocycles. The van der Waals surface area contributed by atoms with E-state index in [0.29, 0.717) is 0 Å². The van der Waals surface area contributed by atoms with Crippen molar-refractivity contribution in [2.75, 3.05) is 24.8 Å². The van der Waals surface area contributed by atoms with Crippen molar-refractivity contribution >= 4 is 28.9 Å². The van der Waals surface area contributed by atoms with Crippen LogP contribution in [-0.2, 0) is 9.53 Å². The van der Waals surface area contributed by atoms with Crippen LogP contribution in [0, 0.1) is 10.1 Å². The molecule has 0 radical (unpaired) electrons. The van der Waals surface area contributed by atoms with Crippen molar-refractivity contribution in [3.8, 4) is 11.5 Å². The molecule has 2 aromatic rings. The molecule has 136 valence electrons. The number of nitro groups is 1. The van der Waals surface area contributed by atoms with Gasteiger partial charge in [-0.15, -0.1) is 0 Å². The molecular formula is C16H15N3O7. The van der Waals surface area contributed by atoms with Crippen molar-refractivity contribution < 1.29 is 29.1 Å². The largest absolute Gasteiger partial charge is 0.508 e. The number of nitrogen functional groups attached to an aromatic ring is 1. The lowest BCUT2D eigenvalue weighted by molar-refractivity contribution is -0.384. The number of hydrogen-bond donors (Lipinski definition) is 3. The minimum Gasteiger partial charge on any atom is -0.508 e. The van der Waals surface area contributed by atoms with Crippen LogP contribution in [0.4, 0.5) is 17.1 Å². The molecule has 26 heavy (non-hydrogen) atoms. The van der Waals surface area contributed by atoms with Crippen LogP contribution >= 0.6 is 0 Å². The van der Waals surface area contributed by atoms with E-state index in [1.807, 2.05) is 0 Å². The van der Waals surface area contributed by atoms with Gasteiger partial charge in [-0.3, -0.25) is 14.9 Å². The summed E-state index contributed by atoms with van der Waals surface area (Å²) in [6, 6.07) is 7.58. The highest BCUT2D eigenvalue weighted by atomic mass is 16.6. The number of methoxy groups -OCH3 is 1. The molecule has 0 fully saturated rings. The Kier molecular flexibility index (Phi) is 5.58. The molecule has 0 atom stereocenters. The molecule has 0 aliphatic heterocycles. The summed E-state index contributed by atoms with van der Waals surface area (Å²) in [5.41, 5.74) is 5.12. The first-order valence-corrected chi connectivity index (χ1v) is 7.19. The topological polar surface area (TPSA) is 154 Å². The lowest BCUT2D eigenvalue weighted by Gasteiger charge is -2.09. The quantitative estimate of drug-likeness (QED) is 0.231. The fraction of sp³-hybridized carbons (Fsp3) is 0.125. The second-order valence-corrected chi connectivity index (χ2v) is 5.04. The van der Waals surface area contributed by atoms with Gasteiger partial charge in [-0.1, -0.05) is 0 Å². The molecule has 10 nitrogen and oxygen atoms in total. The van der Waals surface area contributed by atoms with E-state index in [2.05, 4.69) is 5.32 Å². The number of benzene rings is 2. The van der Waals surface area contributed by atoms with E-state index < -0.39 is 23.4 Å². The molecule has 0 unspecified atom stereocenters. The predicted molar refractivity (Wildman–Crippen MR) is 91.1 cm³/mol. The van der Waals surface area contributed by atoms with Gasteiger partial charge in [0.2, 0.25) is 0 Å². The summed E-state index contributed by atoms with van der Waals surface area (Å²) >= 11 is 0. The standard InChI is InChI=1S/C16H15N3O7/c1-25-10-3-5-13(14(7-10)19(23)24)18-15(21)8-26-16(22)11-6-9(20)2-4-12(11)17/h2-7,20H,8,17H2,1H3,(H,18,21). The van der Waals surface area contributed by atoms with Crippen molar-refractivity contribution in [1.29, 1.82) is 0 Å². The lowest BCUT2D eigenvalue weighted by Crippen LogP contribution is -2.21. The van der Waals surface area contributed by atoms with Gasteiger partial charge in [-0.05, 0) is 30.3 Å². The van der Waals surface area contributed by atoms with Crippen molar-refractivity contribution in [1.82, 2.24) is 0 Å². The fourth-order valence-electron chi connectivity index (χ4n) is 2.01. The summed E-state index contributed by atoms with van der Waals surface area (Å²) in [7, 11) is 1.35. The summed E-state index contributed by atoms with van der Waals surface area (Å²) in [5, 5.41) is 22.7. The molecule has 0 aliphatic rings. The summed E-state index contributed by atoms with van der Waals surface area (Å²) in [6.45, 7) is -0.697. The van der Waals surface area contributed by atoms with Crippen LogP contribution in [0.3, 0.4) is 0 Å². The number of nitrogens with zero attached hydrogens (tertiary/aromatic N) is 1. The van der Waals surface area contributed by atoms with Crippen LogP contribution in [0.15, 0.2) is 36.4 Å². The number of ether oxygens (including phenoxy) is 2. The number of phenols is 1. The third kappa shape index (κ3) is 4.38. The highest BCUT2D eigenvalue weighted by molar-refractivity contribution is 5.99. The monoisotopic (exact) mass is 361 g/mol. The lowest BCUT2D eigenvalue weighted by atomic mass is 10.2. The van der Waals surface area contributed by atoms with E-state index >= 15 is 0 Å². The minimum absolute atomic E-state index is 0.0685. The normalized spacial score (nSPS) is 10.0. The molecule has 0 aliphatic carbocycles. The average Bonchev–Trinajstić information content (AvgIpc) is 2.61. The summed E-state index contributed by atoms with van der Waals surface area (Å²) in [4.78, 5) is 34.2. The van der Waals surface area contributed by atoms with Gasteiger partial charge in [0.15, 0.2) is 6.61 Å². The van der Waals surface area contributed by atoms with Gasteiger partial charge in [0.25, 0.3) is 11.6 Å². The van der Waals surface area contributed by atoms with Crippen LogP contribution in [0.25, 0.3) is 0 Å².